The van der Waals surface area contributed by atoms with Crippen LogP contribution in [0.1, 0.15) is 5.56 Å². The Balaban J connectivity index is 1.84. The largest absolute Gasteiger partial charge is 0.488 e. The molecule has 0 aliphatic carbocycles. The highest BCUT2D eigenvalue weighted by molar-refractivity contribution is 7.13. The number of nitrogens with zero attached hydrogens (tertiary/aromatic N) is 1. The Morgan fingerprint density at radius 1 is 1.14 bits per heavy atom. The summed E-state index contributed by atoms with van der Waals surface area (Å²) in [5.41, 5.74) is 8.28. The lowest BCUT2D eigenvalue weighted by molar-refractivity contribution is 0.307. The third-order valence-corrected chi connectivity index (χ3v) is 4.34. The summed E-state index contributed by atoms with van der Waals surface area (Å²) in [6.45, 7) is 0.354. The summed E-state index contributed by atoms with van der Waals surface area (Å²) >= 11 is 13.5. The summed E-state index contributed by atoms with van der Waals surface area (Å²) < 4.78 is 5.90. The maximum atomic E-state index is 6.16. The van der Waals surface area contributed by atoms with Crippen molar-refractivity contribution in [1.29, 1.82) is 0 Å². The van der Waals surface area contributed by atoms with Crippen molar-refractivity contribution in [3.05, 3.63) is 63.5 Å². The van der Waals surface area contributed by atoms with Crippen molar-refractivity contribution >= 4 is 39.7 Å². The number of benzene rings is 2. The van der Waals surface area contributed by atoms with Gasteiger partial charge in [-0.1, -0.05) is 41.4 Å². The number of nitrogen functional groups attached to an aromatic ring is 1. The Bertz CT molecular complexity index is 804. The molecule has 0 unspecified atom stereocenters. The van der Waals surface area contributed by atoms with E-state index in [1.165, 1.54) is 11.3 Å². The zero-order valence-electron chi connectivity index (χ0n) is 11.4. The van der Waals surface area contributed by atoms with E-state index in [4.69, 9.17) is 33.7 Å². The van der Waals surface area contributed by atoms with Crippen LogP contribution in [0.15, 0.2) is 47.8 Å². The van der Waals surface area contributed by atoms with Crippen LogP contribution in [-0.4, -0.2) is 4.98 Å². The zero-order valence-corrected chi connectivity index (χ0v) is 13.8. The van der Waals surface area contributed by atoms with Crippen LogP contribution in [0.3, 0.4) is 0 Å². The van der Waals surface area contributed by atoms with Crippen LogP contribution in [0, 0.1) is 0 Å². The third kappa shape index (κ3) is 3.35. The molecule has 1 aromatic heterocycles. The molecule has 112 valence electrons. The highest BCUT2D eigenvalue weighted by atomic mass is 35.5. The molecule has 6 heteroatoms. The topological polar surface area (TPSA) is 48.1 Å². The van der Waals surface area contributed by atoms with Gasteiger partial charge in [-0.05, 0) is 24.3 Å². The minimum Gasteiger partial charge on any atom is -0.488 e. The second-order valence-electron chi connectivity index (χ2n) is 4.59. The standard InChI is InChI=1S/C16H12Cl2N2OS/c17-11-6-5-10(13(18)7-11)8-21-15-4-2-1-3-12(15)14-9-22-16(19)20-14/h1-7,9H,8H2,(H2,19,20). The number of hydrogen-bond donors (Lipinski definition) is 1. The molecule has 0 aliphatic heterocycles. The Kier molecular flexibility index (Phi) is 4.52. The average molecular weight is 351 g/mol. The van der Waals surface area contributed by atoms with Gasteiger partial charge in [-0.25, -0.2) is 4.98 Å². The van der Waals surface area contributed by atoms with Crippen molar-refractivity contribution in [2.75, 3.05) is 5.73 Å². The SMILES string of the molecule is Nc1nc(-c2ccccc2OCc2ccc(Cl)cc2Cl)cs1. The Hall–Kier alpha value is -1.75. The second kappa shape index (κ2) is 6.57. The fourth-order valence-corrected chi connectivity index (χ4v) is 3.04. The van der Waals surface area contributed by atoms with E-state index in [1.54, 1.807) is 12.1 Å². The zero-order chi connectivity index (χ0) is 15.5. The van der Waals surface area contributed by atoms with Crippen molar-refractivity contribution in [1.82, 2.24) is 4.98 Å². The van der Waals surface area contributed by atoms with Crippen molar-refractivity contribution < 1.29 is 4.74 Å². The quantitative estimate of drug-likeness (QED) is 0.696. The molecule has 3 rings (SSSR count). The maximum absolute atomic E-state index is 6.16. The maximum Gasteiger partial charge on any atom is 0.180 e. The molecule has 0 saturated heterocycles. The van der Waals surface area contributed by atoms with Crippen LogP contribution >= 0.6 is 34.5 Å². The normalized spacial score (nSPS) is 10.6. The minimum absolute atomic E-state index is 0.354. The first-order valence-electron chi connectivity index (χ1n) is 6.50. The van der Waals surface area contributed by atoms with E-state index in [9.17, 15) is 0 Å². The molecule has 0 spiro atoms. The number of ether oxygens (including phenoxy) is 1. The predicted octanol–water partition coefficient (Wildman–Crippen LogP) is 5.28. The van der Waals surface area contributed by atoms with Crippen LogP contribution in [0.25, 0.3) is 11.3 Å². The fourth-order valence-electron chi connectivity index (χ4n) is 2.01. The highest BCUT2D eigenvalue weighted by Gasteiger charge is 2.10. The number of hydrogen-bond acceptors (Lipinski definition) is 4. The Morgan fingerprint density at radius 2 is 1.95 bits per heavy atom. The summed E-state index contributed by atoms with van der Waals surface area (Å²) in [5, 5.41) is 3.63. The van der Waals surface area contributed by atoms with Gasteiger partial charge in [-0.2, -0.15) is 0 Å². The Labute approximate surface area is 142 Å². The second-order valence-corrected chi connectivity index (χ2v) is 6.32. The van der Waals surface area contributed by atoms with Crippen LogP contribution in [-0.2, 0) is 6.61 Å². The molecule has 2 aromatic carbocycles. The molecule has 0 saturated carbocycles. The van der Waals surface area contributed by atoms with E-state index in [0.29, 0.717) is 21.8 Å². The summed E-state index contributed by atoms with van der Waals surface area (Å²) in [4.78, 5) is 4.30. The summed E-state index contributed by atoms with van der Waals surface area (Å²) in [5.74, 6) is 0.735. The predicted molar refractivity (Wildman–Crippen MR) is 92.8 cm³/mol. The average Bonchev–Trinajstić information content (AvgIpc) is 2.93. The van der Waals surface area contributed by atoms with Gasteiger partial charge >= 0.3 is 0 Å². The van der Waals surface area contributed by atoms with Gasteiger partial charge in [0.1, 0.15) is 12.4 Å². The van der Waals surface area contributed by atoms with Gasteiger partial charge < -0.3 is 10.5 Å². The van der Waals surface area contributed by atoms with Gasteiger partial charge in [0.2, 0.25) is 0 Å². The van der Waals surface area contributed by atoms with Crippen LogP contribution in [0.4, 0.5) is 5.13 Å². The molecule has 0 aliphatic rings. The fraction of sp³-hybridized carbons (Fsp3) is 0.0625. The van der Waals surface area contributed by atoms with Crippen LogP contribution < -0.4 is 10.5 Å². The number of rotatable bonds is 4. The minimum atomic E-state index is 0.354. The molecular formula is C16H12Cl2N2OS. The molecule has 1 heterocycles. The van der Waals surface area contributed by atoms with Gasteiger partial charge in [0.15, 0.2) is 5.13 Å². The van der Waals surface area contributed by atoms with Gasteiger partial charge in [-0.3, -0.25) is 0 Å². The number of nitrogens with two attached hydrogens (primary N) is 1. The molecular weight excluding hydrogens is 339 g/mol. The molecule has 0 amide bonds. The first-order valence-corrected chi connectivity index (χ1v) is 8.14. The molecule has 2 N–H and O–H groups in total. The molecule has 22 heavy (non-hydrogen) atoms. The van der Waals surface area contributed by atoms with Crippen molar-refractivity contribution in [2.24, 2.45) is 0 Å². The third-order valence-electron chi connectivity index (χ3n) is 3.08. The number of aromatic nitrogens is 1. The summed E-state index contributed by atoms with van der Waals surface area (Å²) in [6, 6.07) is 13.1. The van der Waals surface area contributed by atoms with Gasteiger partial charge in [-0.15, -0.1) is 11.3 Å². The molecule has 0 radical (unpaired) electrons. The lowest BCUT2D eigenvalue weighted by Gasteiger charge is -2.11. The van der Waals surface area contributed by atoms with Crippen LogP contribution in [0.5, 0.6) is 5.75 Å². The van der Waals surface area contributed by atoms with Crippen LogP contribution in [0.2, 0.25) is 10.0 Å². The molecule has 0 atom stereocenters. The molecule has 0 bridgehead atoms. The number of anilines is 1. The highest BCUT2D eigenvalue weighted by Crippen LogP contribution is 2.32. The van der Waals surface area contributed by atoms with Gasteiger partial charge in [0.05, 0.1) is 5.69 Å². The Morgan fingerprint density at radius 3 is 2.68 bits per heavy atom. The smallest absolute Gasteiger partial charge is 0.180 e. The summed E-state index contributed by atoms with van der Waals surface area (Å²) in [6.07, 6.45) is 0. The van der Waals surface area contributed by atoms with E-state index in [0.717, 1.165) is 22.6 Å². The van der Waals surface area contributed by atoms with E-state index < -0.39 is 0 Å². The van der Waals surface area contributed by atoms with Crippen molar-refractivity contribution in [3.8, 4) is 17.0 Å². The lowest BCUT2D eigenvalue weighted by Crippen LogP contribution is -1.98. The van der Waals surface area contributed by atoms with Gasteiger partial charge in [0, 0.05) is 26.6 Å². The van der Waals surface area contributed by atoms with Gasteiger partial charge in [0.25, 0.3) is 0 Å². The number of thiazole rings is 1. The lowest BCUT2D eigenvalue weighted by atomic mass is 10.1. The van der Waals surface area contributed by atoms with Crippen molar-refractivity contribution in [2.45, 2.75) is 6.61 Å². The van der Waals surface area contributed by atoms with E-state index in [2.05, 4.69) is 4.98 Å². The van der Waals surface area contributed by atoms with E-state index >= 15 is 0 Å². The molecule has 3 nitrogen and oxygen atoms in total. The summed E-state index contributed by atoms with van der Waals surface area (Å²) in [7, 11) is 0. The first kappa shape index (κ1) is 15.2. The molecule has 0 fully saturated rings. The number of para-hydroxylation sites is 1. The van der Waals surface area contributed by atoms with E-state index in [-0.39, 0.29) is 0 Å². The van der Waals surface area contributed by atoms with E-state index in [1.807, 2.05) is 35.7 Å². The molecule has 3 aromatic rings. The monoisotopic (exact) mass is 350 g/mol. The number of halogens is 2. The van der Waals surface area contributed by atoms with Crippen molar-refractivity contribution in [3.63, 3.8) is 0 Å². The first-order chi connectivity index (χ1) is 10.6.